The molecule has 0 aromatic rings. The fourth-order valence-corrected chi connectivity index (χ4v) is 1.84. The molecule has 0 amide bonds. The van der Waals surface area contributed by atoms with Crippen LogP contribution in [0.3, 0.4) is 0 Å². The smallest absolute Gasteiger partial charge is 0.211 e. The Morgan fingerprint density at radius 3 is 2.64 bits per heavy atom. The van der Waals surface area contributed by atoms with Crippen LogP contribution in [0.25, 0.3) is 0 Å². The van der Waals surface area contributed by atoms with Crippen LogP contribution in [0.2, 0.25) is 0 Å². The van der Waals surface area contributed by atoms with Crippen molar-refractivity contribution in [3.8, 4) is 0 Å². The second kappa shape index (κ2) is 5.57. The second-order valence-electron chi connectivity index (χ2n) is 2.00. The summed E-state index contributed by atoms with van der Waals surface area (Å²) < 4.78 is 24.2. The Morgan fingerprint density at radius 2 is 2.18 bits per heavy atom. The lowest BCUT2D eigenvalue weighted by molar-refractivity contribution is 0.584. The summed E-state index contributed by atoms with van der Waals surface area (Å²) in [7, 11) is -3.11. The van der Waals surface area contributed by atoms with Gasteiger partial charge in [0.25, 0.3) is 0 Å². The molecule has 3 nitrogen and oxygen atoms in total. The summed E-state index contributed by atoms with van der Waals surface area (Å²) in [6.07, 6.45) is 1.98. The van der Waals surface area contributed by atoms with Gasteiger partial charge in [0, 0.05) is 12.4 Å². The molecule has 0 aromatic heterocycles. The van der Waals surface area contributed by atoms with Crippen molar-refractivity contribution in [1.82, 2.24) is 4.72 Å². The predicted octanol–water partition coefficient (Wildman–Crippen LogP) is 0.721. The van der Waals surface area contributed by atoms with Crippen molar-refractivity contribution in [3.05, 3.63) is 12.7 Å². The molecule has 0 aliphatic rings. The quantitative estimate of drug-likeness (QED) is 0.504. The van der Waals surface area contributed by atoms with Gasteiger partial charge in [0.05, 0.1) is 5.75 Å². The molecule has 66 valence electrons. The Hall–Kier alpha value is -0.0600. The fourth-order valence-electron chi connectivity index (χ4n) is 0.503. The van der Waals surface area contributed by atoms with Crippen LogP contribution in [0, 0.1) is 0 Å². The first-order valence-corrected chi connectivity index (χ1v) is 5.45. The molecule has 0 aliphatic heterocycles. The third-order valence-corrected chi connectivity index (χ3v) is 2.69. The minimum Gasteiger partial charge on any atom is -0.212 e. The molecule has 11 heavy (non-hydrogen) atoms. The lowest BCUT2D eigenvalue weighted by Gasteiger charge is -2.01. The van der Waals surface area contributed by atoms with Crippen LogP contribution in [0.1, 0.15) is 6.42 Å². The topological polar surface area (TPSA) is 46.2 Å². The Labute approximate surface area is 72.5 Å². The summed E-state index contributed by atoms with van der Waals surface area (Å²) in [4.78, 5) is 0. The fraction of sp³-hybridized carbons (Fsp3) is 0.667. The van der Waals surface area contributed by atoms with Gasteiger partial charge in [-0.1, -0.05) is 6.08 Å². The van der Waals surface area contributed by atoms with Crippen molar-refractivity contribution in [2.24, 2.45) is 0 Å². The van der Waals surface area contributed by atoms with E-state index in [9.17, 15) is 8.42 Å². The molecule has 0 heterocycles. The van der Waals surface area contributed by atoms with E-state index in [-0.39, 0.29) is 12.3 Å². The summed E-state index contributed by atoms with van der Waals surface area (Å²) in [5.41, 5.74) is 0. The zero-order valence-corrected chi connectivity index (χ0v) is 7.79. The van der Waals surface area contributed by atoms with E-state index in [4.69, 9.17) is 11.6 Å². The van der Waals surface area contributed by atoms with Crippen LogP contribution in [0.5, 0.6) is 0 Å². The van der Waals surface area contributed by atoms with Crippen molar-refractivity contribution in [1.29, 1.82) is 0 Å². The van der Waals surface area contributed by atoms with Crippen LogP contribution in [-0.2, 0) is 10.0 Å². The van der Waals surface area contributed by atoms with Gasteiger partial charge in [0.15, 0.2) is 0 Å². The second-order valence-corrected chi connectivity index (χ2v) is 4.30. The van der Waals surface area contributed by atoms with E-state index in [1.165, 1.54) is 6.08 Å². The molecule has 1 N–H and O–H groups in total. The molecule has 0 atom stereocenters. The van der Waals surface area contributed by atoms with Gasteiger partial charge in [-0.3, -0.25) is 0 Å². The first kappa shape index (κ1) is 10.9. The highest BCUT2D eigenvalue weighted by Crippen LogP contribution is 1.91. The average Bonchev–Trinajstić information content (AvgIpc) is 1.97. The van der Waals surface area contributed by atoms with Crippen molar-refractivity contribution >= 4 is 21.6 Å². The minimum absolute atomic E-state index is 0.0876. The largest absolute Gasteiger partial charge is 0.212 e. The molecule has 0 fully saturated rings. The van der Waals surface area contributed by atoms with E-state index < -0.39 is 10.0 Å². The number of halogens is 1. The summed E-state index contributed by atoms with van der Waals surface area (Å²) >= 11 is 5.33. The summed E-state index contributed by atoms with van der Waals surface area (Å²) in [6.45, 7) is 3.67. The Balaban J connectivity index is 3.71. The summed E-state index contributed by atoms with van der Waals surface area (Å²) in [5.74, 6) is 0.458. The third-order valence-electron chi connectivity index (χ3n) is 0.994. The number of alkyl halides is 1. The van der Waals surface area contributed by atoms with Gasteiger partial charge < -0.3 is 0 Å². The van der Waals surface area contributed by atoms with Gasteiger partial charge in [-0.05, 0) is 6.42 Å². The molecule has 0 spiro atoms. The van der Waals surface area contributed by atoms with Gasteiger partial charge in [-0.25, -0.2) is 13.1 Å². The van der Waals surface area contributed by atoms with Crippen LogP contribution in [0.15, 0.2) is 12.7 Å². The van der Waals surface area contributed by atoms with Crippen LogP contribution >= 0.6 is 11.6 Å². The minimum atomic E-state index is -3.11. The third kappa shape index (κ3) is 6.34. The highest BCUT2D eigenvalue weighted by molar-refractivity contribution is 7.89. The molecule has 0 unspecified atom stereocenters. The predicted molar refractivity (Wildman–Crippen MR) is 47.3 cm³/mol. The van der Waals surface area contributed by atoms with Gasteiger partial charge >= 0.3 is 0 Å². The van der Waals surface area contributed by atoms with E-state index in [0.29, 0.717) is 12.3 Å². The Kier molecular flexibility index (Phi) is 5.54. The van der Waals surface area contributed by atoms with E-state index in [1.54, 1.807) is 0 Å². The lowest BCUT2D eigenvalue weighted by atomic mass is 10.6. The van der Waals surface area contributed by atoms with Crippen molar-refractivity contribution in [2.75, 3.05) is 18.2 Å². The molecule has 0 saturated carbocycles. The normalized spacial score (nSPS) is 11.4. The zero-order valence-electron chi connectivity index (χ0n) is 6.22. The monoisotopic (exact) mass is 197 g/mol. The molecule has 0 saturated heterocycles. The molecule has 0 aromatic carbocycles. The van der Waals surface area contributed by atoms with E-state index >= 15 is 0 Å². The molecule has 0 rings (SSSR count). The van der Waals surface area contributed by atoms with Gasteiger partial charge in [-0.15, -0.1) is 18.2 Å². The molecular weight excluding hydrogens is 186 g/mol. The van der Waals surface area contributed by atoms with E-state index in [1.807, 2.05) is 0 Å². The molecule has 0 radical (unpaired) electrons. The van der Waals surface area contributed by atoms with Crippen LogP contribution in [0.4, 0.5) is 0 Å². The first-order valence-electron chi connectivity index (χ1n) is 3.26. The van der Waals surface area contributed by atoms with Crippen LogP contribution < -0.4 is 4.72 Å². The number of hydrogen-bond acceptors (Lipinski definition) is 2. The van der Waals surface area contributed by atoms with Crippen LogP contribution in [-0.4, -0.2) is 26.6 Å². The van der Waals surface area contributed by atoms with Crippen molar-refractivity contribution in [3.63, 3.8) is 0 Å². The maximum Gasteiger partial charge on any atom is 0.211 e. The maximum atomic E-state index is 10.9. The van der Waals surface area contributed by atoms with E-state index in [0.717, 1.165) is 0 Å². The molecular formula is C6H12ClNO2S. The highest BCUT2D eigenvalue weighted by atomic mass is 35.5. The van der Waals surface area contributed by atoms with Crippen molar-refractivity contribution < 1.29 is 8.42 Å². The average molecular weight is 198 g/mol. The molecule has 0 bridgehead atoms. The summed E-state index contributed by atoms with van der Waals surface area (Å²) in [5, 5.41) is 0. The van der Waals surface area contributed by atoms with Gasteiger partial charge in [0.2, 0.25) is 10.0 Å². The summed E-state index contributed by atoms with van der Waals surface area (Å²) in [6, 6.07) is 0. The molecule has 5 heteroatoms. The Morgan fingerprint density at radius 1 is 1.55 bits per heavy atom. The lowest BCUT2D eigenvalue weighted by Crippen LogP contribution is -2.26. The zero-order chi connectivity index (χ0) is 8.74. The van der Waals surface area contributed by atoms with Crippen molar-refractivity contribution in [2.45, 2.75) is 6.42 Å². The number of hydrogen-bond donors (Lipinski definition) is 1. The maximum absolute atomic E-state index is 10.9. The number of nitrogens with one attached hydrogen (secondary N) is 1. The number of sulfonamides is 1. The number of rotatable bonds is 6. The van der Waals surface area contributed by atoms with Gasteiger partial charge in [-0.2, -0.15) is 0 Å². The van der Waals surface area contributed by atoms with E-state index in [2.05, 4.69) is 11.3 Å². The first-order chi connectivity index (χ1) is 5.12. The standard InChI is InChI=1S/C6H12ClNO2S/c1-2-5-8-11(9,10)6-3-4-7/h2,8H,1,3-6H2. The van der Waals surface area contributed by atoms with Gasteiger partial charge in [0.1, 0.15) is 0 Å². The molecule has 0 aliphatic carbocycles. The Bertz CT molecular complexity index is 201. The SMILES string of the molecule is C=CCNS(=O)(=O)CCCCl. The highest BCUT2D eigenvalue weighted by Gasteiger charge is 2.06.